The first-order chi connectivity index (χ1) is 5.26. The molecule has 3 heteroatoms. The molecule has 0 heterocycles. The van der Waals surface area contributed by atoms with E-state index in [0.717, 1.165) is 12.8 Å². The molecule has 0 fully saturated rings. The number of ketones is 1. The Morgan fingerprint density at radius 3 is 2.64 bits per heavy atom. The van der Waals surface area contributed by atoms with Crippen LogP contribution in [-0.4, -0.2) is 25.4 Å². The molecule has 0 aromatic heterocycles. The van der Waals surface area contributed by atoms with Crippen molar-refractivity contribution in [3.63, 3.8) is 0 Å². The van der Waals surface area contributed by atoms with Crippen molar-refractivity contribution in [3.05, 3.63) is 0 Å². The van der Waals surface area contributed by atoms with Gasteiger partial charge in [0.1, 0.15) is 5.78 Å². The van der Waals surface area contributed by atoms with Crippen LogP contribution in [0.5, 0.6) is 0 Å². The van der Waals surface area contributed by atoms with Gasteiger partial charge in [0.25, 0.3) is 0 Å². The highest BCUT2D eigenvalue weighted by atomic mass is 16.1. The number of Topliss-reactive ketones (excluding diaryl/α,β-unsaturated/α-hetero) is 1. The second-order valence-corrected chi connectivity index (χ2v) is 2.59. The maximum atomic E-state index is 11.1. The fourth-order valence-electron chi connectivity index (χ4n) is 1.03. The third-order valence-corrected chi connectivity index (χ3v) is 1.78. The number of likely N-dealkylation sites (N-methyl/N-ethyl adjacent to an activating group) is 1. The summed E-state index contributed by atoms with van der Waals surface area (Å²) >= 11 is 0. The Labute approximate surface area is 68.3 Å². The molecule has 0 aliphatic heterocycles. The second-order valence-electron chi connectivity index (χ2n) is 2.59. The molecule has 0 aliphatic carbocycles. The van der Waals surface area contributed by atoms with Gasteiger partial charge in [-0.1, -0.05) is 6.92 Å². The molecule has 0 rings (SSSR count). The Morgan fingerprint density at radius 1 is 1.64 bits per heavy atom. The van der Waals surface area contributed by atoms with Crippen LogP contribution in [0.25, 0.3) is 0 Å². The SMILES string of the molecule is CCC(=O)C(CCCN)NC. The number of nitrogens with two attached hydrogens (primary N) is 1. The lowest BCUT2D eigenvalue weighted by Gasteiger charge is -2.12. The minimum absolute atomic E-state index is 0.0172. The van der Waals surface area contributed by atoms with E-state index in [1.54, 1.807) is 0 Å². The molecule has 3 N–H and O–H groups in total. The lowest BCUT2D eigenvalue weighted by molar-refractivity contribution is -0.120. The summed E-state index contributed by atoms with van der Waals surface area (Å²) in [5.74, 6) is 0.279. The van der Waals surface area contributed by atoms with E-state index < -0.39 is 0 Å². The normalized spacial score (nSPS) is 13.0. The van der Waals surface area contributed by atoms with Crippen molar-refractivity contribution in [2.75, 3.05) is 13.6 Å². The molecule has 1 unspecified atom stereocenters. The van der Waals surface area contributed by atoms with Gasteiger partial charge in [-0.15, -0.1) is 0 Å². The summed E-state index contributed by atoms with van der Waals surface area (Å²) < 4.78 is 0. The van der Waals surface area contributed by atoms with Gasteiger partial charge < -0.3 is 11.1 Å². The van der Waals surface area contributed by atoms with Crippen molar-refractivity contribution in [3.8, 4) is 0 Å². The first kappa shape index (κ1) is 10.6. The van der Waals surface area contributed by atoms with Crippen LogP contribution >= 0.6 is 0 Å². The minimum Gasteiger partial charge on any atom is -0.330 e. The fourth-order valence-corrected chi connectivity index (χ4v) is 1.03. The maximum Gasteiger partial charge on any atom is 0.149 e. The summed E-state index contributed by atoms with van der Waals surface area (Å²) in [6, 6.07) is 0.0172. The van der Waals surface area contributed by atoms with E-state index in [1.165, 1.54) is 0 Å². The van der Waals surface area contributed by atoms with Crippen LogP contribution in [0.15, 0.2) is 0 Å². The van der Waals surface area contributed by atoms with Crippen molar-refractivity contribution in [1.29, 1.82) is 0 Å². The van der Waals surface area contributed by atoms with Gasteiger partial charge in [-0.2, -0.15) is 0 Å². The summed E-state index contributed by atoms with van der Waals surface area (Å²) in [4.78, 5) is 11.1. The fraction of sp³-hybridized carbons (Fsp3) is 0.875. The highest BCUT2D eigenvalue weighted by Crippen LogP contribution is 1.99. The highest BCUT2D eigenvalue weighted by Gasteiger charge is 2.12. The zero-order valence-electron chi connectivity index (χ0n) is 7.39. The molecule has 0 spiro atoms. The molecule has 0 amide bonds. The van der Waals surface area contributed by atoms with Crippen molar-refractivity contribution >= 4 is 5.78 Å². The Hall–Kier alpha value is -0.410. The maximum absolute atomic E-state index is 11.1. The molecule has 0 saturated heterocycles. The molecule has 0 aliphatic rings. The zero-order chi connectivity index (χ0) is 8.69. The van der Waals surface area contributed by atoms with E-state index in [4.69, 9.17) is 5.73 Å². The second kappa shape index (κ2) is 6.31. The summed E-state index contributed by atoms with van der Waals surface area (Å²) in [6.07, 6.45) is 2.38. The zero-order valence-corrected chi connectivity index (χ0v) is 7.39. The van der Waals surface area contributed by atoms with Crippen LogP contribution in [0.1, 0.15) is 26.2 Å². The molecule has 3 nitrogen and oxygen atoms in total. The Bertz CT molecular complexity index is 115. The lowest BCUT2D eigenvalue weighted by Crippen LogP contribution is -2.33. The summed E-state index contributed by atoms with van der Waals surface area (Å²) in [5.41, 5.74) is 5.33. The molecule has 1 atom stereocenters. The molecule has 66 valence electrons. The van der Waals surface area contributed by atoms with Gasteiger partial charge in [0.2, 0.25) is 0 Å². The lowest BCUT2D eigenvalue weighted by atomic mass is 10.1. The van der Waals surface area contributed by atoms with Crippen molar-refractivity contribution in [2.24, 2.45) is 5.73 Å². The topological polar surface area (TPSA) is 55.1 Å². The standard InChI is InChI=1S/C8H18N2O/c1-3-8(11)7(10-2)5-4-6-9/h7,10H,3-6,9H2,1-2H3. The molecule has 0 bridgehead atoms. The average Bonchev–Trinajstić information content (AvgIpc) is 2.05. The molecular formula is C8H18N2O. The van der Waals surface area contributed by atoms with Crippen LogP contribution in [0, 0.1) is 0 Å². The van der Waals surface area contributed by atoms with E-state index in [9.17, 15) is 4.79 Å². The Morgan fingerprint density at radius 2 is 2.27 bits per heavy atom. The predicted molar refractivity (Wildman–Crippen MR) is 46.4 cm³/mol. The highest BCUT2D eigenvalue weighted by molar-refractivity contribution is 5.83. The summed E-state index contributed by atoms with van der Waals surface area (Å²) in [5, 5.41) is 2.98. The summed E-state index contributed by atoms with van der Waals surface area (Å²) in [7, 11) is 1.81. The van der Waals surface area contributed by atoms with Gasteiger partial charge in [-0.05, 0) is 26.4 Å². The first-order valence-electron chi connectivity index (χ1n) is 4.16. The molecule has 0 saturated carbocycles. The number of nitrogens with one attached hydrogen (secondary N) is 1. The van der Waals surface area contributed by atoms with E-state index in [-0.39, 0.29) is 11.8 Å². The third kappa shape index (κ3) is 4.11. The van der Waals surface area contributed by atoms with Crippen molar-refractivity contribution in [2.45, 2.75) is 32.2 Å². The molecule has 0 aromatic rings. The molecule has 11 heavy (non-hydrogen) atoms. The first-order valence-corrected chi connectivity index (χ1v) is 4.16. The third-order valence-electron chi connectivity index (χ3n) is 1.78. The largest absolute Gasteiger partial charge is 0.330 e. The van der Waals surface area contributed by atoms with Crippen LogP contribution in [-0.2, 0) is 4.79 Å². The Kier molecular flexibility index (Phi) is 6.07. The number of carbonyl (C=O) groups is 1. The van der Waals surface area contributed by atoms with Gasteiger partial charge in [-0.3, -0.25) is 4.79 Å². The van der Waals surface area contributed by atoms with Gasteiger partial charge >= 0.3 is 0 Å². The quantitative estimate of drug-likeness (QED) is 0.584. The number of rotatable bonds is 6. The molecule has 0 aromatic carbocycles. The van der Waals surface area contributed by atoms with Gasteiger partial charge in [0.05, 0.1) is 6.04 Å². The predicted octanol–water partition coefficient (Wildman–Crippen LogP) is 0.292. The summed E-state index contributed by atoms with van der Waals surface area (Å²) in [6.45, 7) is 2.55. The number of carbonyl (C=O) groups excluding carboxylic acids is 1. The van der Waals surface area contributed by atoms with Crippen molar-refractivity contribution < 1.29 is 4.79 Å². The van der Waals surface area contributed by atoms with Gasteiger partial charge in [0, 0.05) is 6.42 Å². The van der Waals surface area contributed by atoms with Crippen LogP contribution in [0.2, 0.25) is 0 Å². The minimum atomic E-state index is 0.0172. The Balaban J connectivity index is 3.65. The molecular weight excluding hydrogens is 140 g/mol. The van der Waals surface area contributed by atoms with E-state index >= 15 is 0 Å². The van der Waals surface area contributed by atoms with E-state index in [0.29, 0.717) is 13.0 Å². The van der Waals surface area contributed by atoms with E-state index in [1.807, 2.05) is 14.0 Å². The average molecular weight is 158 g/mol. The smallest absolute Gasteiger partial charge is 0.149 e. The van der Waals surface area contributed by atoms with Crippen LogP contribution in [0.4, 0.5) is 0 Å². The van der Waals surface area contributed by atoms with Crippen LogP contribution in [0.3, 0.4) is 0 Å². The van der Waals surface area contributed by atoms with Gasteiger partial charge in [0.15, 0.2) is 0 Å². The van der Waals surface area contributed by atoms with E-state index in [2.05, 4.69) is 5.32 Å². The number of hydrogen-bond acceptors (Lipinski definition) is 3. The van der Waals surface area contributed by atoms with Crippen molar-refractivity contribution in [1.82, 2.24) is 5.32 Å². The van der Waals surface area contributed by atoms with Gasteiger partial charge in [-0.25, -0.2) is 0 Å². The number of hydrogen-bond donors (Lipinski definition) is 2. The monoisotopic (exact) mass is 158 g/mol. The van der Waals surface area contributed by atoms with Crippen LogP contribution < -0.4 is 11.1 Å². The molecule has 0 radical (unpaired) electrons.